The Bertz CT molecular complexity index is 546. The van der Waals surface area contributed by atoms with Gasteiger partial charge in [0.15, 0.2) is 0 Å². The van der Waals surface area contributed by atoms with Crippen molar-refractivity contribution >= 4 is 17.4 Å². The zero-order valence-corrected chi connectivity index (χ0v) is 14.3. The molecule has 3 heterocycles. The van der Waals surface area contributed by atoms with E-state index in [2.05, 4.69) is 27.7 Å². The van der Waals surface area contributed by atoms with Gasteiger partial charge in [0.25, 0.3) is 0 Å². The maximum absolute atomic E-state index is 12.4. The van der Waals surface area contributed by atoms with E-state index in [1.165, 1.54) is 4.88 Å². The van der Waals surface area contributed by atoms with Crippen molar-refractivity contribution in [2.45, 2.75) is 31.8 Å². The molecule has 2 aliphatic heterocycles. The second kappa shape index (κ2) is 6.42. The smallest absolute Gasteiger partial charge is 0.317 e. The van der Waals surface area contributed by atoms with Gasteiger partial charge in [-0.25, -0.2) is 4.79 Å². The van der Waals surface area contributed by atoms with E-state index in [9.17, 15) is 4.79 Å². The summed E-state index contributed by atoms with van der Waals surface area (Å²) in [6.07, 6.45) is 3.39. The molecule has 0 radical (unpaired) electrons. The molecule has 1 saturated carbocycles. The average molecular weight is 335 g/mol. The molecule has 3 aliphatic rings. The number of nitrogens with one attached hydrogen (secondary N) is 1. The Labute approximate surface area is 141 Å². The van der Waals surface area contributed by atoms with Crippen molar-refractivity contribution in [3.63, 3.8) is 0 Å². The number of likely N-dealkylation sites (tertiary alicyclic amines) is 1. The lowest BCUT2D eigenvalue weighted by Gasteiger charge is -2.32. The molecule has 1 spiro atoms. The van der Waals surface area contributed by atoms with Crippen LogP contribution in [-0.2, 0) is 11.3 Å². The van der Waals surface area contributed by atoms with E-state index in [4.69, 9.17) is 4.74 Å². The number of hydrogen-bond acceptors (Lipinski definition) is 4. The molecular formula is C17H25N3O2S. The number of rotatable bonds is 3. The van der Waals surface area contributed by atoms with Crippen LogP contribution < -0.4 is 5.32 Å². The number of thiophene rings is 1. The third-order valence-corrected chi connectivity index (χ3v) is 5.97. The molecule has 5 nitrogen and oxygen atoms in total. The monoisotopic (exact) mass is 335 g/mol. The Morgan fingerprint density at radius 1 is 1.39 bits per heavy atom. The number of urea groups is 1. The number of hydrogen-bond donors (Lipinski definition) is 1. The van der Waals surface area contributed by atoms with Gasteiger partial charge in [-0.05, 0) is 37.3 Å². The van der Waals surface area contributed by atoms with Crippen LogP contribution in [0.3, 0.4) is 0 Å². The zero-order valence-electron chi connectivity index (χ0n) is 13.5. The van der Waals surface area contributed by atoms with Crippen molar-refractivity contribution in [3.8, 4) is 0 Å². The van der Waals surface area contributed by atoms with E-state index in [-0.39, 0.29) is 11.4 Å². The van der Waals surface area contributed by atoms with Crippen molar-refractivity contribution < 1.29 is 9.53 Å². The van der Waals surface area contributed by atoms with E-state index in [1.807, 2.05) is 16.2 Å². The lowest BCUT2D eigenvalue weighted by atomic mass is 9.87. The molecule has 3 fully saturated rings. The SMILES string of the molecule is O=C(NC1CC1)N1CCOC[C@]2(CCN(Cc3cccs3)C2)C1. The van der Waals surface area contributed by atoms with Crippen molar-refractivity contribution in [3.05, 3.63) is 22.4 Å². The van der Waals surface area contributed by atoms with E-state index in [0.717, 1.165) is 52.0 Å². The van der Waals surface area contributed by atoms with E-state index in [1.54, 1.807) is 0 Å². The standard InChI is InChI=1S/C17H25N3O2S/c21-16(18-14-3-4-14)20-7-8-22-13-17(12-20)5-6-19(11-17)10-15-2-1-9-23-15/h1-2,9,14H,3-8,10-13H2,(H,18,21)/t17-/m0/s1. The molecule has 0 unspecified atom stereocenters. The first-order valence-electron chi connectivity index (χ1n) is 8.60. The summed E-state index contributed by atoms with van der Waals surface area (Å²) in [4.78, 5) is 18.3. The molecule has 23 heavy (non-hydrogen) atoms. The van der Waals surface area contributed by atoms with Crippen molar-refractivity contribution in [1.29, 1.82) is 0 Å². The maximum atomic E-state index is 12.4. The lowest BCUT2D eigenvalue weighted by molar-refractivity contribution is 0.0715. The van der Waals surface area contributed by atoms with Gasteiger partial charge < -0.3 is 15.0 Å². The fourth-order valence-corrected chi connectivity index (χ4v) is 4.44. The summed E-state index contributed by atoms with van der Waals surface area (Å²) in [5.74, 6) is 0. The van der Waals surface area contributed by atoms with Crippen LogP contribution in [0.4, 0.5) is 4.79 Å². The molecule has 6 heteroatoms. The summed E-state index contributed by atoms with van der Waals surface area (Å²) >= 11 is 1.82. The van der Waals surface area contributed by atoms with E-state index in [0.29, 0.717) is 19.2 Å². The quantitative estimate of drug-likeness (QED) is 0.920. The van der Waals surface area contributed by atoms with Gasteiger partial charge in [-0.3, -0.25) is 4.90 Å². The first-order valence-corrected chi connectivity index (χ1v) is 9.48. The summed E-state index contributed by atoms with van der Waals surface area (Å²) in [6.45, 7) is 6.12. The Kier molecular flexibility index (Phi) is 4.30. The molecule has 126 valence electrons. The van der Waals surface area contributed by atoms with Gasteiger partial charge in [-0.2, -0.15) is 0 Å². The van der Waals surface area contributed by atoms with Gasteiger partial charge in [0.2, 0.25) is 0 Å². The minimum absolute atomic E-state index is 0.106. The minimum atomic E-state index is 0.106. The van der Waals surface area contributed by atoms with Crippen LogP contribution in [0.1, 0.15) is 24.1 Å². The van der Waals surface area contributed by atoms with Crippen LogP contribution in [0.2, 0.25) is 0 Å². The number of carbonyl (C=O) groups is 1. The van der Waals surface area contributed by atoms with E-state index < -0.39 is 0 Å². The molecule has 1 aromatic heterocycles. The summed E-state index contributed by atoms with van der Waals surface area (Å²) in [7, 11) is 0. The second-order valence-corrected chi connectivity index (χ2v) is 8.27. The number of ether oxygens (including phenoxy) is 1. The lowest BCUT2D eigenvalue weighted by Crippen LogP contribution is -2.47. The van der Waals surface area contributed by atoms with Gasteiger partial charge in [-0.1, -0.05) is 6.07 Å². The first-order chi connectivity index (χ1) is 11.2. The molecule has 2 saturated heterocycles. The van der Waals surface area contributed by atoms with Crippen LogP contribution in [0.15, 0.2) is 17.5 Å². The van der Waals surface area contributed by atoms with Crippen LogP contribution in [0.25, 0.3) is 0 Å². The van der Waals surface area contributed by atoms with Crippen molar-refractivity contribution in [1.82, 2.24) is 15.1 Å². The van der Waals surface area contributed by atoms with Gasteiger partial charge in [0.1, 0.15) is 0 Å². The summed E-state index contributed by atoms with van der Waals surface area (Å²) in [5.41, 5.74) is 0.106. The van der Waals surface area contributed by atoms with Gasteiger partial charge in [0.05, 0.1) is 13.2 Å². The molecule has 0 aromatic carbocycles. The molecule has 4 rings (SSSR count). The highest BCUT2D eigenvalue weighted by Crippen LogP contribution is 2.34. The number of nitrogens with zero attached hydrogens (tertiary/aromatic N) is 2. The van der Waals surface area contributed by atoms with Crippen LogP contribution in [0, 0.1) is 5.41 Å². The molecule has 1 aliphatic carbocycles. The number of carbonyl (C=O) groups excluding carboxylic acids is 1. The maximum Gasteiger partial charge on any atom is 0.317 e. The van der Waals surface area contributed by atoms with Gasteiger partial charge in [-0.15, -0.1) is 11.3 Å². The molecule has 1 atom stereocenters. The predicted octanol–water partition coefficient (Wildman–Crippen LogP) is 2.14. The Balaban J connectivity index is 1.39. The molecule has 1 N–H and O–H groups in total. The Hall–Kier alpha value is -1.11. The third-order valence-electron chi connectivity index (χ3n) is 5.11. The van der Waals surface area contributed by atoms with Crippen LogP contribution in [0.5, 0.6) is 0 Å². The van der Waals surface area contributed by atoms with Crippen LogP contribution in [-0.4, -0.2) is 61.3 Å². The minimum Gasteiger partial charge on any atom is -0.379 e. The van der Waals surface area contributed by atoms with E-state index >= 15 is 0 Å². The van der Waals surface area contributed by atoms with Crippen molar-refractivity contribution in [2.75, 3.05) is 39.4 Å². The summed E-state index contributed by atoms with van der Waals surface area (Å²) in [6, 6.07) is 4.84. The molecular weight excluding hydrogens is 310 g/mol. The Morgan fingerprint density at radius 2 is 2.30 bits per heavy atom. The molecule has 2 amide bonds. The third kappa shape index (κ3) is 3.70. The summed E-state index contributed by atoms with van der Waals surface area (Å²) < 4.78 is 5.87. The highest BCUT2D eigenvalue weighted by atomic mass is 32.1. The number of amides is 2. The van der Waals surface area contributed by atoms with Crippen molar-refractivity contribution in [2.24, 2.45) is 5.41 Å². The zero-order chi connectivity index (χ0) is 15.7. The highest BCUT2D eigenvalue weighted by Gasteiger charge is 2.42. The van der Waals surface area contributed by atoms with Crippen LogP contribution >= 0.6 is 11.3 Å². The van der Waals surface area contributed by atoms with Gasteiger partial charge in [0, 0.05) is 42.5 Å². The Morgan fingerprint density at radius 3 is 3.09 bits per heavy atom. The fraction of sp³-hybridized carbons (Fsp3) is 0.706. The topological polar surface area (TPSA) is 44.8 Å². The predicted molar refractivity (Wildman–Crippen MR) is 90.6 cm³/mol. The largest absolute Gasteiger partial charge is 0.379 e. The van der Waals surface area contributed by atoms with Gasteiger partial charge >= 0.3 is 6.03 Å². The normalized spacial score (nSPS) is 29.0. The molecule has 1 aromatic rings. The highest BCUT2D eigenvalue weighted by molar-refractivity contribution is 7.09. The first kappa shape index (κ1) is 15.4. The molecule has 0 bridgehead atoms. The fourth-order valence-electron chi connectivity index (χ4n) is 3.69. The summed E-state index contributed by atoms with van der Waals surface area (Å²) in [5, 5.41) is 5.26. The average Bonchev–Trinajstić information content (AvgIpc) is 3.11. The second-order valence-electron chi connectivity index (χ2n) is 7.24.